The third kappa shape index (κ3) is 4.18. The average molecular weight is 281 g/mol. The first-order valence-corrected chi connectivity index (χ1v) is 6.79. The zero-order chi connectivity index (χ0) is 15.2. The number of carbonyl (C=O) groups excluding carboxylic acids is 1. The minimum Gasteiger partial charge on any atom is -0.307 e. The van der Waals surface area contributed by atoms with E-state index in [1.165, 1.54) is 11.1 Å². The van der Waals surface area contributed by atoms with E-state index in [2.05, 4.69) is 41.8 Å². The molecule has 0 saturated carbocycles. The van der Waals surface area contributed by atoms with E-state index in [-0.39, 0.29) is 6.03 Å². The molecule has 0 fully saturated rings. The SMILES string of the molecule is Cc1cc(C)c(/C=N\NC(=O)Nc2ccccc2)cc1C. The Kier molecular flexibility index (Phi) is 4.72. The number of nitrogens with zero attached hydrogens (tertiary/aromatic N) is 1. The average Bonchev–Trinajstić information content (AvgIpc) is 2.45. The lowest BCUT2D eigenvalue weighted by molar-refractivity contribution is 0.252. The maximum absolute atomic E-state index is 11.7. The molecular weight excluding hydrogens is 262 g/mol. The number of rotatable bonds is 3. The van der Waals surface area contributed by atoms with Crippen LogP contribution >= 0.6 is 0 Å². The maximum Gasteiger partial charge on any atom is 0.339 e. The number of anilines is 1. The molecule has 21 heavy (non-hydrogen) atoms. The van der Waals surface area contributed by atoms with Gasteiger partial charge in [0.1, 0.15) is 0 Å². The molecule has 0 radical (unpaired) electrons. The van der Waals surface area contributed by atoms with E-state index < -0.39 is 0 Å². The molecule has 4 heteroatoms. The van der Waals surface area contributed by atoms with Crippen molar-refractivity contribution in [1.29, 1.82) is 0 Å². The third-order valence-corrected chi connectivity index (χ3v) is 3.28. The molecule has 0 bridgehead atoms. The molecule has 0 aromatic heterocycles. The first-order chi connectivity index (χ1) is 10.1. The van der Waals surface area contributed by atoms with Crippen molar-refractivity contribution in [3.8, 4) is 0 Å². The Morgan fingerprint density at radius 2 is 1.67 bits per heavy atom. The first kappa shape index (κ1) is 14.8. The monoisotopic (exact) mass is 281 g/mol. The fourth-order valence-corrected chi connectivity index (χ4v) is 1.96. The summed E-state index contributed by atoms with van der Waals surface area (Å²) in [5, 5.41) is 6.68. The second-order valence-corrected chi connectivity index (χ2v) is 4.98. The molecule has 0 aliphatic heterocycles. The number of aryl methyl sites for hydroxylation is 3. The van der Waals surface area contributed by atoms with Crippen molar-refractivity contribution in [3.05, 3.63) is 64.7 Å². The van der Waals surface area contributed by atoms with Gasteiger partial charge in [-0.1, -0.05) is 24.3 Å². The lowest BCUT2D eigenvalue weighted by atomic mass is 10.0. The number of hydrogen-bond donors (Lipinski definition) is 2. The second-order valence-electron chi connectivity index (χ2n) is 4.98. The molecule has 2 N–H and O–H groups in total. The maximum atomic E-state index is 11.7. The van der Waals surface area contributed by atoms with Crippen LogP contribution in [0.15, 0.2) is 47.6 Å². The third-order valence-electron chi connectivity index (χ3n) is 3.28. The van der Waals surface area contributed by atoms with Gasteiger partial charge in [-0.05, 0) is 61.2 Å². The Bertz CT molecular complexity index is 663. The summed E-state index contributed by atoms with van der Waals surface area (Å²) < 4.78 is 0. The zero-order valence-electron chi connectivity index (χ0n) is 12.5. The van der Waals surface area contributed by atoms with Crippen LogP contribution in [0.1, 0.15) is 22.3 Å². The summed E-state index contributed by atoms with van der Waals surface area (Å²) in [4.78, 5) is 11.7. The molecule has 2 amide bonds. The Hall–Kier alpha value is -2.62. The van der Waals surface area contributed by atoms with Gasteiger partial charge < -0.3 is 5.32 Å². The highest BCUT2D eigenvalue weighted by Crippen LogP contribution is 2.13. The van der Waals surface area contributed by atoms with Gasteiger partial charge in [-0.2, -0.15) is 5.10 Å². The molecule has 2 aromatic rings. The largest absolute Gasteiger partial charge is 0.339 e. The Morgan fingerprint density at radius 3 is 2.38 bits per heavy atom. The predicted octanol–water partition coefficient (Wildman–Crippen LogP) is 3.77. The molecular formula is C17H19N3O. The van der Waals surface area contributed by atoms with E-state index in [4.69, 9.17) is 0 Å². The topological polar surface area (TPSA) is 53.5 Å². The summed E-state index contributed by atoms with van der Waals surface area (Å²) in [5.74, 6) is 0. The smallest absolute Gasteiger partial charge is 0.307 e. The van der Waals surface area contributed by atoms with Crippen LogP contribution in [0.2, 0.25) is 0 Å². The zero-order valence-corrected chi connectivity index (χ0v) is 12.5. The predicted molar refractivity (Wildman–Crippen MR) is 86.8 cm³/mol. The van der Waals surface area contributed by atoms with E-state index in [0.717, 1.165) is 16.8 Å². The normalized spacial score (nSPS) is 10.6. The van der Waals surface area contributed by atoms with Crippen molar-refractivity contribution in [2.24, 2.45) is 5.10 Å². The Balaban J connectivity index is 1.96. The number of benzene rings is 2. The summed E-state index contributed by atoms with van der Waals surface area (Å²) in [7, 11) is 0. The number of para-hydroxylation sites is 1. The van der Waals surface area contributed by atoms with Gasteiger partial charge in [0.25, 0.3) is 0 Å². The number of hydrazone groups is 1. The summed E-state index contributed by atoms with van der Waals surface area (Å²) in [5.41, 5.74) is 7.77. The number of carbonyl (C=O) groups is 1. The van der Waals surface area contributed by atoms with Gasteiger partial charge in [-0.15, -0.1) is 0 Å². The summed E-state index contributed by atoms with van der Waals surface area (Å²) in [6, 6.07) is 13.1. The Morgan fingerprint density at radius 1 is 1.00 bits per heavy atom. The van der Waals surface area contributed by atoms with Crippen molar-refractivity contribution in [2.45, 2.75) is 20.8 Å². The summed E-state index contributed by atoms with van der Waals surface area (Å²) in [6.07, 6.45) is 1.66. The number of hydrogen-bond acceptors (Lipinski definition) is 2. The van der Waals surface area contributed by atoms with Crippen LogP contribution in [0, 0.1) is 20.8 Å². The van der Waals surface area contributed by atoms with E-state index in [0.29, 0.717) is 0 Å². The van der Waals surface area contributed by atoms with Crippen molar-refractivity contribution in [1.82, 2.24) is 5.43 Å². The van der Waals surface area contributed by atoms with Crippen molar-refractivity contribution < 1.29 is 4.79 Å². The van der Waals surface area contributed by atoms with Gasteiger partial charge in [0.15, 0.2) is 0 Å². The summed E-state index contributed by atoms with van der Waals surface area (Å²) >= 11 is 0. The van der Waals surface area contributed by atoms with Crippen molar-refractivity contribution in [3.63, 3.8) is 0 Å². The molecule has 0 heterocycles. The van der Waals surface area contributed by atoms with Crippen LogP contribution in [-0.2, 0) is 0 Å². The highest BCUT2D eigenvalue weighted by molar-refractivity contribution is 5.90. The highest BCUT2D eigenvalue weighted by atomic mass is 16.2. The molecule has 0 unspecified atom stereocenters. The van der Waals surface area contributed by atoms with E-state index in [1.54, 1.807) is 6.21 Å². The second kappa shape index (κ2) is 6.70. The number of nitrogens with one attached hydrogen (secondary N) is 2. The summed E-state index contributed by atoms with van der Waals surface area (Å²) in [6.45, 7) is 6.16. The molecule has 0 aliphatic carbocycles. The minimum absolute atomic E-state index is 0.362. The molecule has 2 rings (SSSR count). The van der Waals surface area contributed by atoms with Crippen LogP contribution in [0.5, 0.6) is 0 Å². The van der Waals surface area contributed by atoms with Crippen molar-refractivity contribution in [2.75, 3.05) is 5.32 Å². The van der Waals surface area contributed by atoms with Crippen LogP contribution in [-0.4, -0.2) is 12.2 Å². The lowest BCUT2D eigenvalue weighted by Crippen LogP contribution is -2.24. The first-order valence-electron chi connectivity index (χ1n) is 6.79. The van der Waals surface area contributed by atoms with Gasteiger partial charge in [0, 0.05) is 5.69 Å². The number of amides is 2. The fraction of sp³-hybridized carbons (Fsp3) is 0.176. The Labute approximate surface area is 124 Å². The van der Waals surface area contributed by atoms with Crippen LogP contribution in [0.25, 0.3) is 0 Å². The van der Waals surface area contributed by atoms with Crippen LogP contribution in [0.3, 0.4) is 0 Å². The van der Waals surface area contributed by atoms with Gasteiger partial charge in [-0.25, -0.2) is 10.2 Å². The number of urea groups is 1. The molecule has 4 nitrogen and oxygen atoms in total. The standard InChI is InChI=1S/C17H19N3O/c1-12-9-14(3)15(10-13(12)2)11-18-20-17(21)19-16-7-5-4-6-8-16/h4-11H,1-3H3,(H2,19,20,21)/b18-11-. The van der Waals surface area contributed by atoms with E-state index >= 15 is 0 Å². The molecule has 108 valence electrons. The van der Waals surface area contributed by atoms with E-state index in [1.807, 2.05) is 37.3 Å². The molecule has 0 atom stereocenters. The van der Waals surface area contributed by atoms with E-state index in [9.17, 15) is 4.79 Å². The fourth-order valence-electron chi connectivity index (χ4n) is 1.96. The van der Waals surface area contributed by atoms with Crippen molar-refractivity contribution >= 4 is 17.9 Å². The molecule has 0 aliphatic rings. The molecule has 0 saturated heterocycles. The minimum atomic E-state index is -0.362. The van der Waals surface area contributed by atoms with Gasteiger partial charge in [-0.3, -0.25) is 0 Å². The highest BCUT2D eigenvalue weighted by Gasteiger charge is 2.01. The van der Waals surface area contributed by atoms with Crippen LogP contribution in [0.4, 0.5) is 10.5 Å². The quantitative estimate of drug-likeness (QED) is 0.653. The van der Waals surface area contributed by atoms with Gasteiger partial charge in [0.2, 0.25) is 0 Å². The lowest BCUT2D eigenvalue weighted by Gasteiger charge is -2.06. The van der Waals surface area contributed by atoms with Crippen LogP contribution < -0.4 is 10.7 Å². The molecule has 2 aromatic carbocycles. The van der Waals surface area contributed by atoms with Gasteiger partial charge in [0.05, 0.1) is 6.21 Å². The van der Waals surface area contributed by atoms with Gasteiger partial charge >= 0.3 is 6.03 Å². The molecule has 0 spiro atoms.